The first-order chi connectivity index (χ1) is 16.9. The van der Waals surface area contributed by atoms with Crippen LogP contribution in [-0.2, 0) is 22.6 Å². The van der Waals surface area contributed by atoms with E-state index in [-0.39, 0.29) is 41.9 Å². The Kier molecular flexibility index (Phi) is 6.55. The maximum atomic E-state index is 13.1. The predicted octanol–water partition coefficient (Wildman–Crippen LogP) is 2.40. The highest BCUT2D eigenvalue weighted by Gasteiger charge is 2.28. The number of benzene rings is 1. The van der Waals surface area contributed by atoms with E-state index in [1.165, 1.54) is 27.8 Å². The van der Waals surface area contributed by atoms with Gasteiger partial charge in [-0.1, -0.05) is 35.6 Å². The number of piperidine rings is 1. The molecule has 1 aliphatic carbocycles. The maximum absolute atomic E-state index is 13.1. The summed E-state index contributed by atoms with van der Waals surface area (Å²) in [6.45, 7) is 5.17. The summed E-state index contributed by atoms with van der Waals surface area (Å²) in [7, 11) is 0. The molecule has 3 aromatic rings. The summed E-state index contributed by atoms with van der Waals surface area (Å²) in [4.78, 5) is 49.3. The number of thiazole rings is 1. The van der Waals surface area contributed by atoms with Gasteiger partial charge >= 0.3 is 0 Å². The number of amides is 2. The SMILES string of the molecule is CC(C)NC(=O)C1CCCN(c2nc3ncn(CC(=O)NC4CCc5ccccc54)c(=O)c3s2)C1. The Labute approximate surface area is 207 Å². The van der Waals surface area contributed by atoms with Gasteiger partial charge in [0.25, 0.3) is 5.56 Å². The maximum Gasteiger partial charge on any atom is 0.273 e. The Bertz CT molecular complexity index is 1320. The van der Waals surface area contributed by atoms with Crippen molar-refractivity contribution in [2.75, 3.05) is 18.0 Å². The molecule has 0 radical (unpaired) electrons. The van der Waals surface area contributed by atoms with Crippen molar-refractivity contribution in [3.63, 3.8) is 0 Å². The zero-order chi connectivity index (χ0) is 24.5. The van der Waals surface area contributed by atoms with Crippen molar-refractivity contribution in [1.29, 1.82) is 0 Å². The molecule has 2 atom stereocenters. The van der Waals surface area contributed by atoms with Crippen LogP contribution in [0.25, 0.3) is 10.3 Å². The topological polar surface area (TPSA) is 109 Å². The number of nitrogens with zero attached hydrogens (tertiary/aromatic N) is 4. The molecule has 1 aromatic carbocycles. The molecule has 2 aliphatic rings. The number of rotatable bonds is 6. The van der Waals surface area contributed by atoms with E-state index in [2.05, 4.69) is 31.6 Å². The molecule has 35 heavy (non-hydrogen) atoms. The third kappa shape index (κ3) is 4.93. The van der Waals surface area contributed by atoms with E-state index in [0.29, 0.717) is 22.0 Å². The minimum atomic E-state index is -0.271. The fourth-order valence-corrected chi connectivity index (χ4v) is 5.96. The minimum Gasteiger partial charge on any atom is -0.354 e. The Morgan fingerprint density at radius 3 is 2.89 bits per heavy atom. The van der Waals surface area contributed by atoms with Crippen LogP contribution in [0.5, 0.6) is 0 Å². The summed E-state index contributed by atoms with van der Waals surface area (Å²) in [6, 6.07) is 8.20. The van der Waals surface area contributed by atoms with Gasteiger partial charge in [0.2, 0.25) is 11.8 Å². The smallest absolute Gasteiger partial charge is 0.273 e. The molecule has 2 unspecified atom stereocenters. The molecule has 2 N–H and O–H groups in total. The van der Waals surface area contributed by atoms with E-state index in [0.717, 1.165) is 37.8 Å². The molecular weight excluding hydrogens is 464 g/mol. The number of carbonyl (C=O) groups is 2. The van der Waals surface area contributed by atoms with E-state index in [1.54, 1.807) is 0 Å². The third-order valence-corrected chi connectivity index (χ3v) is 7.74. The lowest BCUT2D eigenvalue weighted by molar-refractivity contribution is -0.125. The molecule has 10 heteroatoms. The van der Waals surface area contributed by atoms with E-state index >= 15 is 0 Å². The average Bonchev–Trinajstić information content (AvgIpc) is 3.46. The first kappa shape index (κ1) is 23.5. The number of hydrogen-bond acceptors (Lipinski definition) is 7. The van der Waals surface area contributed by atoms with Gasteiger partial charge in [-0.25, -0.2) is 4.98 Å². The third-order valence-electron chi connectivity index (χ3n) is 6.65. The number of aromatic nitrogens is 3. The minimum absolute atomic E-state index is 0.0268. The van der Waals surface area contributed by atoms with Gasteiger partial charge in [-0.05, 0) is 50.7 Å². The Morgan fingerprint density at radius 2 is 2.06 bits per heavy atom. The summed E-state index contributed by atoms with van der Waals surface area (Å²) >= 11 is 1.28. The number of carbonyl (C=O) groups excluding carboxylic acids is 2. The van der Waals surface area contributed by atoms with E-state index in [9.17, 15) is 14.4 Å². The zero-order valence-electron chi connectivity index (χ0n) is 20.0. The van der Waals surface area contributed by atoms with Gasteiger partial charge in [-0.2, -0.15) is 4.98 Å². The van der Waals surface area contributed by atoms with E-state index < -0.39 is 0 Å². The first-order valence-corrected chi connectivity index (χ1v) is 13.0. The van der Waals surface area contributed by atoms with Crippen LogP contribution in [0.1, 0.15) is 50.3 Å². The molecule has 9 nitrogen and oxygen atoms in total. The molecule has 0 saturated carbocycles. The van der Waals surface area contributed by atoms with Crippen molar-refractivity contribution in [3.8, 4) is 0 Å². The van der Waals surface area contributed by atoms with Crippen LogP contribution in [0.15, 0.2) is 35.4 Å². The first-order valence-electron chi connectivity index (χ1n) is 12.2. The molecule has 1 fully saturated rings. The van der Waals surface area contributed by atoms with Crippen LogP contribution in [0.3, 0.4) is 0 Å². The van der Waals surface area contributed by atoms with Crippen molar-refractivity contribution in [1.82, 2.24) is 25.2 Å². The Hall–Kier alpha value is -3.27. The van der Waals surface area contributed by atoms with Crippen LogP contribution in [0, 0.1) is 5.92 Å². The van der Waals surface area contributed by atoms with Gasteiger partial charge in [0, 0.05) is 19.1 Å². The monoisotopic (exact) mass is 494 g/mol. The second kappa shape index (κ2) is 9.77. The van der Waals surface area contributed by atoms with Gasteiger partial charge in [0.15, 0.2) is 10.8 Å². The molecular formula is C25H30N6O3S. The Morgan fingerprint density at radius 1 is 1.23 bits per heavy atom. The molecule has 5 rings (SSSR count). The van der Waals surface area contributed by atoms with Crippen LogP contribution < -0.4 is 21.1 Å². The lowest BCUT2D eigenvalue weighted by Gasteiger charge is -2.32. The van der Waals surface area contributed by atoms with Gasteiger partial charge in [0.05, 0.1) is 12.0 Å². The Balaban J connectivity index is 1.29. The molecule has 3 heterocycles. The van der Waals surface area contributed by atoms with Crippen LogP contribution in [0.4, 0.5) is 5.13 Å². The van der Waals surface area contributed by atoms with E-state index in [4.69, 9.17) is 0 Å². The van der Waals surface area contributed by atoms with Crippen molar-refractivity contribution in [2.45, 2.75) is 58.2 Å². The van der Waals surface area contributed by atoms with Gasteiger partial charge in [-0.3, -0.25) is 19.0 Å². The van der Waals surface area contributed by atoms with Gasteiger partial charge in [0.1, 0.15) is 17.6 Å². The highest BCUT2D eigenvalue weighted by molar-refractivity contribution is 7.22. The quantitative estimate of drug-likeness (QED) is 0.545. The fraction of sp³-hybridized carbons (Fsp3) is 0.480. The molecule has 2 amide bonds. The highest BCUT2D eigenvalue weighted by atomic mass is 32.1. The molecule has 0 spiro atoms. The normalized spacial score (nSPS) is 19.7. The molecule has 184 valence electrons. The lowest BCUT2D eigenvalue weighted by atomic mass is 9.97. The standard InChI is InChI=1S/C25H30N6O3S/c1-15(2)27-23(33)17-7-5-11-30(12-17)25-29-22-21(35-25)24(34)31(14-26-22)13-20(32)28-19-10-9-16-6-3-4-8-18(16)19/h3-4,6,8,14-15,17,19H,5,7,9-13H2,1-2H3,(H,27,33)(H,28,32). The molecule has 0 bridgehead atoms. The summed E-state index contributed by atoms with van der Waals surface area (Å²) < 4.78 is 1.77. The summed E-state index contributed by atoms with van der Waals surface area (Å²) in [5, 5.41) is 6.74. The van der Waals surface area contributed by atoms with Crippen molar-refractivity contribution >= 4 is 38.6 Å². The van der Waals surface area contributed by atoms with Crippen molar-refractivity contribution in [2.24, 2.45) is 5.92 Å². The highest BCUT2D eigenvalue weighted by Crippen LogP contribution is 2.31. The number of nitrogens with one attached hydrogen (secondary N) is 2. The summed E-state index contributed by atoms with van der Waals surface area (Å²) in [5.74, 6) is -0.260. The van der Waals surface area contributed by atoms with Gasteiger partial charge < -0.3 is 15.5 Å². The molecule has 2 aromatic heterocycles. The summed E-state index contributed by atoms with van der Waals surface area (Å²) in [6.07, 6.45) is 4.92. The largest absolute Gasteiger partial charge is 0.354 e. The lowest BCUT2D eigenvalue weighted by Crippen LogP contribution is -2.44. The van der Waals surface area contributed by atoms with E-state index in [1.807, 2.05) is 32.0 Å². The number of anilines is 1. The summed E-state index contributed by atoms with van der Waals surface area (Å²) in [5.41, 5.74) is 2.52. The molecule has 1 aliphatic heterocycles. The van der Waals surface area contributed by atoms with Crippen molar-refractivity contribution < 1.29 is 9.59 Å². The van der Waals surface area contributed by atoms with Gasteiger partial charge in [-0.15, -0.1) is 0 Å². The second-order valence-corrected chi connectivity index (χ2v) is 10.6. The van der Waals surface area contributed by atoms with Crippen LogP contribution in [-0.4, -0.2) is 45.5 Å². The number of hydrogen-bond donors (Lipinski definition) is 2. The average molecular weight is 495 g/mol. The second-order valence-electron chi connectivity index (χ2n) is 9.63. The number of aryl methyl sites for hydroxylation is 1. The number of fused-ring (bicyclic) bond motifs is 2. The molecule has 1 saturated heterocycles. The van der Waals surface area contributed by atoms with Crippen LogP contribution in [0.2, 0.25) is 0 Å². The van der Waals surface area contributed by atoms with Crippen LogP contribution >= 0.6 is 11.3 Å². The zero-order valence-corrected chi connectivity index (χ0v) is 20.8. The van der Waals surface area contributed by atoms with Crippen molar-refractivity contribution in [3.05, 3.63) is 52.1 Å². The fourth-order valence-electron chi connectivity index (χ4n) is 4.95. The predicted molar refractivity (Wildman–Crippen MR) is 136 cm³/mol.